The summed E-state index contributed by atoms with van der Waals surface area (Å²) in [7, 11) is 1.60. The number of anilines is 1. The van der Waals surface area contributed by atoms with Gasteiger partial charge < -0.3 is 19.3 Å². The molecular formula is C24H26N4O3. The number of rotatable bonds is 5. The number of ether oxygens (including phenoxy) is 2. The van der Waals surface area contributed by atoms with Gasteiger partial charge in [-0.3, -0.25) is 4.79 Å². The molecule has 2 heterocycles. The van der Waals surface area contributed by atoms with Gasteiger partial charge in [-0.05, 0) is 49.7 Å². The van der Waals surface area contributed by atoms with Crippen LogP contribution >= 0.6 is 0 Å². The van der Waals surface area contributed by atoms with Crippen molar-refractivity contribution in [3.8, 4) is 17.4 Å². The van der Waals surface area contributed by atoms with Crippen LogP contribution in [0.2, 0.25) is 0 Å². The Morgan fingerprint density at radius 3 is 2.61 bits per heavy atom. The Kier molecular flexibility index (Phi) is 6.02. The van der Waals surface area contributed by atoms with E-state index in [9.17, 15) is 4.79 Å². The summed E-state index contributed by atoms with van der Waals surface area (Å²) in [5.41, 5.74) is 1.76. The van der Waals surface area contributed by atoms with Crippen molar-refractivity contribution in [2.24, 2.45) is 0 Å². The first-order valence-electron chi connectivity index (χ1n) is 10.3. The molecule has 1 aliphatic heterocycles. The lowest BCUT2D eigenvalue weighted by Gasteiger charge is -2.40. The Labute approximate surface area is 182 Å². The molecule has 31 heavy (non-hydrogen) atoms. The molecule has 1 aliphatic rings. The van der Waals surface area contributed by atoms with E-state index in [1.165, 1.54) is 6.33 Å². The van der Waals surface area contributed by atoms with Gasteiger partial charge in [-0.25, -0.2) is 9.97 Å². The quantitative estimate of drug-likeness (QED) is 0.625. The van der Waals surface area contributed by atoms with Crippen LogP contribution in [0.3, 0.4) is 0 Å². The Balaban J connectivity index is 1.44. The second-order valence-electron chi connectivity index (χ2n) is 7.66. The number of amides is 1. The summed E-state index contributed by atoms with van der Waals surface area (Å²) in [6.07, 6.45) is 1.51. The summed E-state index contributed by atoms with van der Waals surface area (Å²) in [6, 6.07) is 17.0. The highest BCUT2D eigenvalue weighted by Crippen LogP contribution is 2.25. The molecule has 2 aromatic carbocycles. The van der Waals surface area contributed by atoms with Gasteiger partial charge in [-0.2, -0.15) is 0 Å². The highest BCUT2D eigenvalue weighted by atomic mass is 16.5. The van der Waals surface area contributed by atoms with Crippen molar-refractivity contribution in [3.63, 3.8) is 0 Å². The molecule has 7 heteroatoms. The van der Waals surface area contributed by atoms with Crippen molar-refractivity contribution < 1.29 is 14.3 Å². The Bertz CT molecular complexity index is 1070. The van der Waals surface area contributed by atoms with Crippen LogP contribution in [0.25, 0.3) is 0 Å². The number of hydrogen-bond donors (Lipinski definition) is 0. The summed E-state index contributed by atoms with van der Waals surface area (Å²) in [6.45, 7) is 6.04. The largest absolute Gasteiger partial charge is 0.497 e. The van der Waals surface area contributed by atoms with Crippen molar-refractivity contribution in [1.29, 1.82) is 0 Å². The molecule has 1 amide bonds. The van der Waals surface area contributed by atoms with Gasteiger partial charge in [-0.1, -0.05) is 18.2 Å². The van der Waals surface area contributed by atoms with Crippen molar-refractivity contribution in [2.45, 2.75) is 19.9 Å². The molecule has 1 saturated heterocycles. The van der Waals surface area contributed by atoms with E-state index in [1.807, 2.05) is 60.4 Å². The third-order valence-corrected chi connectivity index (χ3v) is 5.37. The monoisotopic (exact) mass is 418 g/mol. The van der Waals surface area contributed by atoms with Crippen LogP contribution in [0, 0.1) is 6.92 Å². The van der Waals surface area contributed by atoms with Gasteiger partial charge in [0, 0.05) is 37.3 Å². The van der Waals surface area contributed by atoms with Gasteiger partial charge in [0.1, 0.15) is 23.6 Å². The maximum absolute atomic E-state index is 13.0. The molecule has 0 saturated carbocycles. The first-order valence-corrected chi connectivity index (χ1v) is 10.3. The highest BCUT2D eigenvalue weighted by molar-refractivity contribution is 5.95. The number of piperazine rings is 1. The molecular weight excluding hydrogens is 392 g/mol. The summed E-state index contributed by atoms with van der Waals surface area (Å²) in [5, 5.41) is 0. The van der Waals surface area contributed by atoms with Gasteiger partial charge in [0.25, 0.3) is 5.91 Å². The zero-order chi connectivity index (χ0) is 21.8. The molecule has 0 spiro atoms. The maximum atomic E-state index is 13.0. The third kappa shape index (κ3) is 4.77. The van der Waals surface area contributed by atoms with Crippen LogP contribution in [0.4, 0.5) is 5.82 Å². The lowest BCUT2D eigenvalue weighted by atomic mass is 10.1. The standard InChI is InChI=1S/C24H26N4O3/c1-17-6-4-9-21(12-17)31-23-14-22(25-16-26-23)27-10-11-28(18(2)15-27)24(29)19-7-5-8-20(13-19)30-3/h4-9,12-14,16,18H,10-11,15H2,1-3H3/t18-/m1/s1. The topological polar surface area (TPSA) is 67.8 Å². The first kappa shape index (κ1) is 20.7. The molecule has 1 fully saturated rings. The average Bonchev–Trinajstić information content (AvgIpc) is 2.79. The molecule has 4 rings (SSSR count). The summed E-state index contributed by atoms with van der Waals surface area (Å²) in [4.78, 5) is 25.7. The van der Waals surface area contributed by atoms with Gasteiger partial charge >= 0.3 is 0 Å². The van der Waals surface area contributed by atoms with Crippen molar-refractivity contribution in [1.82, 2.24) is 14.9 Å². The number of methoxy groups -OCH3 is 1. The minimum atomic E-state index is 0.0113. The second kappa shape index (κ2) is 9.04. The molecule has 1 aromatic heterocycles. The smallest absolute Gasteiger partial charge is 0.254 e. The van der Waals surface area contributed by atoms with E-state index in [1.54, 1.807) is 13.2 Å². The number of aryl methyl sites for hydroxylation is 1. The zero-order valence-electron chi connectivity index (χ0n) is 18.0. The number of carbonyl (C=O) groups excluding carboxylic acids is 1. The van der Waals surface area contributed by atoms with E-state index < -0.39 is 0 Å². The minimum Gasteiger partial charge on any atom is -0.497 e. The van der Waals surface area contributed by atoms with E-state index in [0.717, 1.165) is 17.1 Å². The van der Waals surface area contributed by atoms with Crippen molar-refractivity contribution in [2.75, 3.05) is 31.6 Å². The van der Waals surface area contributed by atoms with Crippen LogP contribution in [-0.2, 0) is 0 Å². The summed E-state index contributed by atoms with van der Waals surface area (Å²) >= 11 is 0. The summed E-state index contributed by atoms with van der Waals surface area (Å²) < 4.78 is 11.2. The molecule has 1 atom stereocenters. The Morgan fingerprint density at radius 1 is 1.03 bits per heavy atom. The predicted octanol–water partition coefficient (Wildman–Crippen LogP) is 3.94. The fourth-order valence-electron chi connectivity index (χ4n) is 3.75. The molecule has 0 bridgehead atoms. The van der Waals surface area contributed by atoms with E-state index in [2.05, 4.69) is 21.8 Å². The molecule has 160 valence electrons. The van der Waals surface area contributed by atoms with Gasteiger partial charge in [0.15, 0.2) is 0 Å². The van der Waals surface area contributed by atoms with Crippen LogP contribution in [0.5, 0.6) is 17.4 Å². The van der Waals surface area contributed by atoms with Crippen LogP contribution in [-0.4, -0.2) is 53.6 Å². The van der Waals surface area contributed by atoms with Gasteiger partial charge in [0.2, 0.25) is 5.88 Å². The van der Waals surface area contributed by atoms with Crippen LogP contribution in [0.1, 0.15) is 22.8 Å². The fraction of sp³-hybridized carbons (Fsp3) is 0.292. The molecule has 3 aromatic rings. The van der Waals surface area contributed by atoms with E-state index in [-0.39, 0.29) is 11.9 Å². The molecule has 0 N–H and O–H groups in total. The van der Waals surface area contributed by atoms with Gasteiger partial charge in [0.05, 0.1) is 7.11 Å². The van der Waals surface area contributed by atoms with Crippen molar-refractivity contribution in [3.05, 3.63) is 72.1 Å². The van der Waals surface area contributed by atoms with Crippen molar-refractivity contribution >= 4 is 11.7 Å². The normalized spacial score (nSPS) is 16.2. The zero-order valence-corrected chi connectivity index (χ0v) is 18.0. The van der Waals surface area contributed by atoms with Gasteiger partial charge in [-0.15, -0.1) is 0 Å². The number of nitrogens with zero attached hydrogens (tertiary/aromatic N) is 4. The third-order valence-electron chi connectivity index (χ3n) is 5.37. The SMILES string of the molecule is COc1cccc(C(=O)N2CCN(c3cc(Oc4cccc(C)c4)ncn3)C[C@H]2C)c1. The Hall–Kier alpha value is -3.61. The molecule has 7 nitrogen and oxygen atoms in total. The number of benzene rings is 2. The van der Waals surface area contributed by atoms with E-state index in [4.69, 9.17) is 9.47 Å². The number of hydrogen-bond acceptors (Lipinski definition) is 6. The average molecular weight is 418 g/mol. The highest BCUT2D eigenvalue weighted by Gasteiger charge is 2.29. The lowest BCUT2D eigenvalue weighted by molar-refractivity contribution is 0.0673. The van der Waals surface area contributed by atoms with E-state index in [0.29, 0.717) is 36.8 Å². The van der Waals surface area contributed by atoms with Crippen LogP contribution in [0.15, 0.2) is 60.9 Å². The second-order valence-corrected chi connectivity index (χ2v) is 7.66. The number of aromatic nitrogens is 2. The predicted molar refractivity (Wildman–Crippen MR) is 119 cm³/mol. The number of carbonyl (C=O) groups is 1. The maximum Gasteiger partial charge on any atom is 0.254 e. The fourth-order valence-corrected chi connectivity index (χ4v) is 3.75. The summed E-state index contributed by atoms with van der Waals surface area (Å²) in [5.74, 6) is 2.72. The molecule has 0 unspecified atom stereocenters. The van der Waals surface area contributed by atoms with E-state index >= 15 is 0 Å². The van der Waals surface area contributed by atoms with Crippen LogP contribution < -0.4 is 14.4 Å². The first-order chi connectivity index (χ1) is 15.0. The Morgan fingerprint density at radius 2 is 1.84 bits per heavy atom. The lowest BCUT2D eigenvalue weighted by Crippen LogP contribution is -2.54. The minimum absolute atomic E-state index is 0.0113. The molecule has 0 radical (unpaired) electrons. The molecule has 0 aliphatic carbocycles.